The van der Waals surface area contributed by atoms with Gasteiger partial charge >= 0.3 is 6.18 Å². The minimum atomic E-state index is -4.64. The summed E-state index contributed by atoms with van der Waals surface area (Å²) in [5.74, 6) is -2.15. The third kappa shape index (κ3) is 4.33. The molecule has 0 spiro atoms. The van der Waals surface area contributed by atoms with E-state index in [-0.39, 0.29) is 22.2 Å². The molecule has 11 heteroatoms. The Kier molecular flexibility index (Phi) is 4.90. The molecule has 2 aromatic heterocycles. The lowest BCUT2D eigenvalue weighted by atomic mass is 9.97. The number of nitrogens with one attached hydrogen (secondary N) is 1. The van der Waals surface area contributed by atoms with E-state index in [0.29, 0.717) is 0 Å². The van der Waals surface area contributed by atoms with E-state index in [2.05, 4.69) is 21.0 Å². The maximum Gasteiger partial charge on any atom is 0.405 e. The van der Waals surface area contributed by atoms with E-state index in [1.807, 2.05) is 20.8 Å². The highest BCUT2D eigenvalue weighted by Gasteiger charge is 2.31. The molecule has 0 aliphatic carbocycles. The van der Waals surface area contributed by atoms with E-state index in [0.717, 1.165) is 4.52 Å². The predicted molar refractivity (Wildman–Crippen MR) is 86.7 cm³/mol. The molecule has 0 unspecified atom stereocenters. The summed E-state index contributed by atoms with van der Waals surface area (Å²) in [6, 6.07) is 1.46. The van der Waals surface area contributed by atoms with E-state index >= 15 is 0 Å². The Morgan fingerprint density at radius 2 is 1.96 bits per heavy atom. The molecule has 2 aromatic rings. The fraction of sp³-hybridized carbons (Fsp3) is 0.500. The zero-order valence-corrected chi connectivity index (χ0v) is 15.2. The number of rotatable bonds is 3. The topological polar surface area (TPSA) is 88.6 Å². The van der Waals surface area contributed by atoms with Crippen molar-refractivity contribution in [2.75, 3.05) is 6.54 Å². The highest BCUT2D eigenvalue weighted by Crippen LogP contribution is 2.23. The van der Waals surface area contributed by atoms with Crippen molar-refractivity contribution in [2.24, 2.45) is 5.41 Å². The summed E-state index contributed by atoms with van der Waals surface area (Å²) < 4.78 is 39.3. The van der Waals surface area contributed by atoms with Crippen LogP contribution < -0.4 is 10.9 Å². The van der Waals surface area contributed by atoms with Gasteiger partial charge in [-0.1, -0.05) is 20.8 Å². The monoisotopic (exact) mass is 424 g/mol. The van der Waals surface area contributed by atoms with Crippen LogP contribution in [0.4, 0.5) is 13.2 Å². The molecule has 2 heterocycles. The van der Waals surface area contributed by atoms with E-state index in [1.165, 1.54) is 10.6 Å². The number of halogens is 4. The predicted octanol–water partition coefficient (Wildman–Crippen LogP) is 2.30. The van der Waals surface area contributed by atoms with Crippen LogP contribution in [-0.2, 0) is 6.54 Å². The fourth-order valence-corrected chi connectivity index (χ4v) is 2.59. The fourth-order valence-electron chi connectivity index (χ4n) is 2.23. The average molecular weight is 425 g/mol. The Hall–Kier alpha value is -2.04. The molecule has 0 saturated heterocycles. The Morgan fingerprint density at radius 1 is 1.36 bits per heavy atom. The number of carbonyl (C=O) groups is 1. The number of amides is 1. The minimum absolute atomic E-state index is 0.160. The zero-order valence-electron chi connectivity index (χ0n) is 13.6. The van der Waals surface area contributed by atoms with Crippen LogP contribution in [0.25, 0.3) is 5.65 Å². The molecule has 0 radical (unpaired) electrons. The van der Waals surface area contributed by atoms with Crippen molar-refractivity contribution in [1.82, 2.24) is 19.5 Å². The number of nitrogens with zero attached hydrogens (tertiary/aromatic N) is 3. The molecule has 138 valence electrons. The summed E-state index contributed by atoms with van der Waals surface area (Å²) in [4.78, 5) is 24.7. The first-order valence-electron chi connectivity index (χ1n) is 7.16. The van der Waals surface area contributed by atoms with Gasteiger partial charge in [0.05, 0.1) is 0 Å². The summed E-state index contributed by atoms with van der Waals surface area (Å²) in [5, 5.41) is 15.7. The summed E-state index contributed by atoms with van der Waals surface area (Å²) >= 11 is 3.11. The number of hydrogen-bond donors (Lipinski definition) is 2. The van der Waals surface area contributed by atoms with Crippen molar-refractivity contribution in [3.05, 3.63) is 26.6 Å². The Labute approximate surface area is 148 Å². The van der Waals surface area contributed by atoms with Gasteiger partial charge in [-0.15, -0.1) is 0 Å². The number of aromatic nitrogens is 3. The Morgan fingerprint density at radius 3 is 2.48 bits per heavy atom. The summed E-state index contributed by atoms with van der Waals surface area (Å²) in [6.07, 6.45) is -4.64. The first-order valence-corrected chi connectivity index (χ1v) is 7.95. The van der Waals surface area contributed by atoms with Crippen LogP contribution in [0.5, 0.6) is 5.88 Å². The van der Waals surface area contributed by atoms with E-state index in [4.69, 9.17) is 0 Å². The molecule has 0 aromatic carbocycles. The molecule has 0 atom stereocenters. The van der Waals surface area contributed by atoms with Gasteiger partial charge in [0.2, 0.25) is 5.88 Å². The van der Waals surface area contributed by atoms with Gasteiger partial charge in [-0.25, -0.2) is 0 Å². The Bertz CT molecular complexity index is 881. The first kappa shape index (κ1) is 19.3. The third-order valence-corrected chi connectivity index (χ3v) is 3.52. The van der Waals surface area contributed by atoms with Gasteiger partial charge in [0, 0.05) is 12.6 Å². The lowest BCUT2D eigenvalue weighted by molar-refractivity contribution is -0.123. The van der Waals surface area contributed by atoms with E-state index in [1.54, 1.807) is 5.32 Å². The molecular formula is C14H16BrF3N4O3. The zero-order chi connectivity index (χ0) is 19.2. The molecule has 1 amide bonds. The van der Waals surface area contributed by atoms with E-state index < -0.39 is 35.6 Å². The molecule has 0 fully saturated rings. The summed E-state index contributed by atoms with van der Waals surface area (Å²) in [5.41, 5.74) is -1.86. The van der Waals surface area contributed by atoms with Crippen LogP contribution >= 0.6 is 15.9 Å². The smallest absolute Gasteiger partial charge is 0.405 e. The molecule has 0 aliphatic heterocycles. The molecular weight excluding hydrogens is 409 g/mol. The minimum Gasteiger partial charge on any atom is -0.492 e. The maximum absolute atomic E-state index is 12.7. The van der Waals surface area contributed by atoms with Gasteiger partial charge < -0.3 is 10.4 Å². The molecule has 0 bridgehead atoms. The first-order chi connectivity index (χ1) is 11.3. The summed E-state index contributed by atoms with van der Waals surface area (Å²) in [6.45, 7) is 4.07. The SMILES string of the molecule is CC(C)(C)Cn1c(=O)c(C(=O)NCC(F)(F)F)c(O)n2nc(Br)cc12. The highest BCUT2D eigenvalue weighted by atomic mass is 79.9. The molecule has 7 nitrogen and oxygen atoms in total. The second-order valence-corrected chi connectivity index (χ2v) is 7.50. The van der Waals surface area contributed by atoms with Gasteiger partial charge in [-0.2, -0.15) is 22.8 Å². The second kappa shape index (κ2) is 6.36. The normalized spacial score (nSPS) is 12.6. The molecule has 2 rings (SSSR count). The molecule has 0 aliphatic rings. The third-order valence-electron chi connectivity index (χ3n) is 3.13. The molecule has 0 saturated carbocycles. The standard InChI is InChI=1S/C14H16BrF3N4O3/c1-13(2,3)6-21-8-4-7(15)20-22(8)12(25)9(11(21)24)10(23)19-5-14(16,17)18/h4,25H,5-6H2,1-3H3,(H,19,23). The van der Waals surface area contributed by atoms with Gasteiger partial charge in [0.25, 0.3) is 11.5 Å². The number of alkyl halides is 3. The summed E-state index contributed by atoms with van der Waals surface area (Å²) in [7, 11) is 0. The number of aromatic hydroxyl groups is 1. The highest BCUT2D eigenvalue weighted by molar-refractivity contribution is 9.10. The number of carbonyl (C=O) groups excluding carboxylic acids is 1. The van der Waals surface area contributed by atoms with Crippen LogP contribution in [0.3, 0.4) is 0 Å². The van der Waals surface area contributed by atoms with Crippen molar-refractivity contribution in [3.63, 3.8) is 0 Å². The largest absolute Gasteiger partial charge is 0.492 e. The van der Waals surface area contributed by atoms with E-state index in [9.17, 15) is 27.9 Å². The van der Waals surface area contributed by atoms with Crippen LogP contribution in [0, 0.1) is 5.41 Å². The van der Waals surface area contributed by atoms with Crippen LogP contribution in [0.15, 0.2) is 15.5 Å². The number of hydrogen-bond acceptors (Lipinski definition) is 4. The Balaban J connectivity index is 2.64. The van der Waals surface area contributed by atoms with Crippen molar-refractivity contribution in [1.29, 1.82) is 0 Å². The van der Waals surface area contributed by atoms with Crippen molar-refractivity contribution < 1.29 is 23.1 Å². The van der Waals surface area contributed by atoms with Gasteiger partial charge in [-0.3, -0.25) is 14.2 Å². The second-order valence-electron chi connectivity index (χ2n) is 6.69. The lowest BCUT2D eigenvalue weighted by Gasteiger charge is -2.21. The van der Waals surface area contributed by atoms with Crippen LogP contribution in [0.2, 0.25) is 0 Å². The molecule has 2 N–H and O–H groups in total. The van der Waals surface area contributed by atoms with Gasteiger partial charge in [0.1, 0.15) is 16.8 Å². The van der Waals surface area contributed by atoms with Crippen molar-refractivity contribution in [3.8, 4) is 5.88 Å². The van der Waals surface area contributed by atoms with Crippen LogP contribution in [-0.4, -0.2) is 37.9 Å². The van der Waals surface area contributed by atoms with Crippen LogP contribution in [0.1, 0.15) is 31.1 Å². The average Bonchev–Trinajstić information content (AvgIpc) is 2.82. The van der Waals surface area contributed by atoms with Gasteiger partial charge in [-0.05, 0) is 21.3 Å². The number of fused-ring (bicyclic) bond motifs is 1. The van der Waals surface area contributed by atoms with Crippen molar-refractivity contribution in [2.45, 2.75) is 33.5 Å². The quantitative estimate of drug-likeness (QED) is 0.790. The van der Waals surface area contributed by atoms with Gasteiger partial charge in [0.15, 0.2) is 5.56 Å². The maximum atomic E-state index is 12.7. The van der Waals surface area contributed by atoms with Crippen molar-refractivity contribution >= 4 is 27.5 Å². The lowest BCUT2D eigenvalue weighted by Crippen LogP contribution is -2.39. The molecule has 25 heavy (non-hydrogen) atoms.